The highest BCUT2D eigenvalue weighted by Crippen LogP contribution is 2.31. The third-order valence-corrected chi connectivity index (χ3v) is 6.20. The quantitative estimate of drug-likeness (QED) is 0.549. The summed E-state index contributed by atoms with van der Waals surface area (Å²) in [5, 5.41) is 10.5. The van der Waals surface area contributed by atoms with E-state index in [1.165, 1.54) is 18.4 Å². The molecule has 28 heavy (non-hydrogen) atoms. The van der Waals surface area contributed by atoms with Crippen LogP contribution in [0.5, 0.6) is 0 Å². The van der Waals surface area contributed by atoms with Gasteiger partial charge in [-0.25, -0.2) is 4.39 Å². The zero-order valence-electron chi connectivity index (χ0n) is 17.6. The summed E-state index contributed by atoms with van der Waals surface area (Å²) in [6, 6.07) is 11.2. The number of halogens is 1. The molecule has 1 aromatic rings. The molecule has 0 amide bonds. The highest BCUT2D eigenvalue weighted by molar-refractivity contribution is 5.14. The molecule has 2 aliphatic rings. The molecule has 2 fully saturated rings. The van der Waals surface area contributed by atoms with Crippen molar-refractivity contribution < 1.29 is 4.39 Å². The van der Waals surface area contributed by atoms with E-state index in [4.69, 9.17) is 5.73 Å². The highest BCUT2D eigenvalue weighted by Gasteiger charge is 2.45. The van der Waals surface area contributed by atoms with Crippen LogP contribution in [0.15, 0.2) is 30.3 Å². The normalized spacial score (nSPS) is 28.5. The molecule has 1 saturated heterocycles. The topological polar surface area (TPSA) is 65.3 Å². The van der Waals surface area contributed by atoms with Gasteiger partial charge >= 0.3 is 0 Å². The molecule has 0 bridgehead atoms. The van der Waals surface area contributed by atoms with Crippen molar-refractivity contribution in [1.82, 2.24) is 20.9 Å². The largest absolute Gasteiger partial charge is 0.303 e. The molecule has 1 heterocycles. The second-order valence-electron chi connectivity index (χ2n) is 8.86. The van der Waals surface area contributed by atoms with E-state index in [1.54, 1.807) is 13.8 Å². The Hall–Kier alpha value is -1.05. The Morgan fingerprint density at radius 1 is 1.21 bits per heavy atom. The third-order valence-electron chi connectivity index (χ3n) is 6.20. The number of aryl methyl sites for hydroxylation is 1. The van der Waals surface area contributed by atoms with E-state index < -0.39 is 11.8 Å². The average Bonchev–Trinajstić information content (AvgIpc) is 3.19. The first kappa shape index (κ1) is 21.7. The highest BCUT2D eigenvalue weighted by atomic mass is 19.1. The number of hydrogen-bond acceptors (Lipinski definition) is 5. The van der Waals surface area contributed by atoms with Crippen LogP contribution >= 0.6 is 0 Å². The van der Waals surface area contributed by atoms with E-state index in [0.29, 0.717) is 12.1 Å². The standard InChI is InChI=1S/C22H38FN5/c1-4-17(15-14-16-10-6-5-7-11-16)25-21-26-19(22(2,3)23)28(20(24)27-21)18-12-8-9-13-18/h5-7,10-11,17-21,25-27H,4,8-9,12-15,24H2,1-3H3. The van der Waals surface area contributed by atoms with Crippen LogP contribution < -0.4 is 21.7 Å². The predicted molar refractivity (Wildman–Crippen MR) is 113 cm³/mol. The summed E-state index contributed by atoms with van der Waals surface area (Å²) in [5.41, 5.74) is 6.45. The molecule has 1 aliphatic heterocycles. The van der Waals surface area contributed by atoms with Crippen LogP contribution in [0.1, 0.15) is 64.9 Å². The maximum Gasteiger partial charge on any atom is 0.134 e. The minimum atomic E-state index is -1.38. The lowest BCUT2D eigenvalue weighted by Gasteiger charge is -2.51. The Morgan fingerprint density at radius 3 is 2.50 bits per heavy atom. The van der Waals surface area contributed by atoms with Crippen molar-refractivity contribution in [3.05, 3.63) is 35.9 Å². The number of alkyl halides is 1. The van der Waals surface area contributed by atoms with Gasteiger partial charge in [0.05, 0.1) is 6.17 Å². The summed E-state index contributed by atoms with van der Waals surface area (Å²) in [4.78, 5) is 2.12. The molecule has 4 unspecified atom stereocenters. The summed E-state index contributed by atoms with van der Waals surface area (Å²) in [6.45, 7) is 5.48. The SMILES string of the molecule is CCC(CCc1ccccc1)NC1NC(N)N(C2CCCC2)C(C(C)(C)F)N1. The fourth-order valence-electron chi connectivity index (χ4n) is 4.63. The van der Waals surface area contributed by atoms with Gasteiger partial charge in [0, 0.05) is 12.1 Å². The van der Waals surface area contributed by atoms with Crippen LogP contribution in [0.2, 0.25) is 0 Å². The van der Waals surface area contributed by atoms with E-state index in [-0.39, 0.29) is 12.6 Å². The second-order valence-corrected chi connectivity index (χ2v) is 8.86. The van der Waals surface area contributed by atoms with Gasteiger partial charge in [-0.1, -0.05) is 50.1 Å². The van der Waals surface area contributed by atoms with Gasteiger partial charge in [0.1, 0.15) is 18.2 Å². The summed E-state index contributed by atoms with van der Waals surface area (Å²) < 4.78 is 15.1. The fraction of sp³-hybridized carbons (Fsp3) is 0.727. The van der Waals surface area contributed by atoms with Crippen LogP contribution in [0, 0.1) is 0 Å². The molecule has 0 radical (unpaired) electrons. The second kappa shape index (κ2) is 9.63. The van der Waals surface area contributed by atoms with Crippen molar-refractivity contribution in [2.24, 2.45) is 5.73 Å². The molecular formula is C22H38FN5. The van der Waals surface area contributed by atoms with Crippen molar-refractivity contribution in [3.8, 4) is 0 Å². The zero-order chi connectivity index (χ0) is 20.1. The van der Waals surface area contributed by atoms with E-state index >= 15 is 4.39 Å². The first-order valence-electron chi connectivity index (χ1n) is 10.9. The lowest BCUT2D eigenvalue weighted by atomic mass is 10.0. The molecule has 158 valence electrons. The first-order valence-corrected chi connectivity index (χ1v) is 10.9. The number of nitrogens with zero attached hydrogens (tertiary/aromatic N) is 1. The summed E-state index contributed by atoms with van der Waals surface area (Å²) in [5.74, 6) is 0. The Morgan fingerprint density at radius 2 is 1.89 bits per heavy atom. The lowest BCUT2D eigenvalue weighted by molar-refractivity contribution is -0.0802. The van der Waals surface area contributed by atoms with Crippen molar-refractivity contribution >= 4 is 0 Å². The number of benzene rings is 1. The minimum absolute atomic E-state index is 0.201. The van der Waals surface area contributed by atoms with Gasteiger partial charge < -0.3 is 5.73 Å². The van der Waals surface area contributed by atoms with Crippen LogP contribution in [0.25, 0.3) is 0 Å². The van der Waals surface area contributed by atoms with Gasteiger partial charge in [0.2, 0.25) is 0 Å². The van der Waals surface area contributed by atoms with Gasteiger partial charge in [0.25, 0.3) is 0 Å². The summed E-state index contributed by atoms with van der Waals surface area (Å²) >= 11 is 0. The van der Waals surface area contributed by atoms with Crippen molar-refractivity contribution in [2.75, 3.05) is 0 Å². The first-order chi connectivity index (χ1) is 13.4. The number of hydrogen-bond donors (Lipinski definition) is 4. The Bertz CT molecular complexity index is 584. The lowest BCUT2D eigenvalue weighted by Crippen LogP contribution is -2.79. The smallest absolute Gasteiger partial charge is 0.134 e. The van der Waals surface area contributed by atoms with Crippen molar-refractivity contribution in [2.45, 2.75) is 102 Å². The molecule has 5 N–H and O–H groups in total. The van der Waals surface area contributed by atoms with Gasteiger partial charge in [-0.05, 0) is 51.5 Å². The van der Waals surface area contributed by atoms with E-state index in [2.05, 4.69) is 52.0 Å². The molecule has 0 spiro atoms. The van der Waals surface area contributed by atoms with Crippen molar-refractivity contribution in [3.63, 3.8) is 0 Å². The molecule has 4 atom stereocenters. The average molecular weight is 392 g/mol. The molecule has 1 aliphatic carbocycles. The van der Waals surface area contributed by atoms with E-state index in [9.17, 15) is 0 Å². The predicted octanol–water partition coefficient (Wildman–Crippen LogP) is 3.02. The van der Waals surface area contributed by atoms with E-state index in [1.807, 2.05) is 6.07 Å². The minimum Gasteiger partial charge on any atom is -0.303 e. The van der Waals surface area contributed by atoms with Crippen LogP contribution in [0.4, 0.5) is 4.39 Å². The monoisotopic (exact) mass is 391 g/mol. The van der Waals surface area contributed by atoms with Gasteiger partial charge in [-0.3, -0.25) is 20.9 Å². The zero-order valence-corrected chi connectivity index (χ0v) is 17.6. The summed E-state index contributed by atoms with van der Waals surface area (Å²) in [7, 11) is 0. The Kier molecular flexibility index (Phi) is 7.45. The Balaban J connectivity index is 1.62. The van der Waals surface area contributed by atoms with E-state index in [0.717, 1.165) is 32.1 Å². The van der Waals surface area contributed by atoms with Crippen molar-refractivity contribution in [1.29, 1.82) is 0 Å². The van der Waals surface area contributed by atoms with Gasteiger partial charge in [0.15, 0.2) is 0 Å². The molecule has 1 saturated carbocycles. The molecule has 3 rings (SSSR count). The maximum absolute atomic E-state index is 15.1. The molecule has 6 heteroatoms. The van der Waals surface area contributed by atoms with Gasteiger partial charge in [-0.15, -0.1) is 0 Å². The third kappa shape index (κ3) is 5.51. The van der Waals surface area contributed by atoms with Crippen LogP contribution in [-0.2, 0) is 6.42 Å². The fourth-order valence-corrected chi connectivity index (χ4v) is 4.63. The molecular weight excluding hydrogens is 353 g/mol. The maximum atomic E-state index is 15.1. The number of nitrogens with two attached hydrogens (primary N) is 1. The number of nitrogens with one attached hydrogen (secondary N) is 3. The number of rotatable bonds is 8. The van der Waals surface area contributed by atoms with Crippen LogP contribution in [-0.4, -0.2) is 41.4 Å². The molecule has 5 nitrogen and oxygen atoms in total. The molecule has 0 aromatic heterocycles. The van der Waals surface area contributed by atoms with Crippen LogP contribution in [0.3, 0.4) is 0 Å². The Labute approximate surface area is 169 Å². The molecule has 1 aromatic carbocycles. The van der Waals surface area contributed by atoms with Gasteiger partial charge in [-0.2, -0.15) is 0 Å². The summed E-state index contributed by atoms with van der Waals surface area (Å²) in [6.07, 6.45) is 6.70.